The average molecular weight is 380 g/mol. The first-order valence-corrected chi connectivity index (χ1v) is 7.10. The van der Waals surface area contributed by atoms with Crippen molar-refractivity contribution in [3.05, 3.63) is 34.3 Å². The SMILES string of the molecule is COC(=O)CC(NC(=O)C(C)CN)c1ccc(Br)cc1.Cl. The molecule has 1 aromatic rings. The highest BCUT2D eigenvalue weighted by Crippen LogP contribution is 2.20. The van der Waals surface area contributed by atoms with Crippen molar-refractivity contribution in [2.24, 2.45) is 11.7 Å². The van der Waals surface area contributed by atoms with Crippen LogP contribution in [0, 0.1) is 5.92 Å². The molecule has 1 rings (SSSR count). The van der Waals surface area contributed by atoms with E-state index in [-0.39, 0.29) is 43.2 Å². The molecule has 21 heavy (non-hydrogen) atoms. The second kappa shape index (κ2) is 9.76. The van der Waals surface area contributed by atoms with Crippen LogP contribution in [0.15, 0.2) is 28.7 Å². The van der Waals surface area contributed by atoms with Crippen LogP contribution in [0.5, 0.6) is 0 Å². The van der Waals surface area contributed by atoms with Crippen LogP contribution < -0.4 is 11.1 Å². The first kappa shape index (κ1) is 19.9. The van der Waals surface area contributed by atoms with E-state index in [9.17, 15) is 9.59 Å². The maximum atomic E-state index is 11.9. The van der Waals surface area contributed by atoms with Gasteiger partial charge in [-0.05, 0) is 17.7 Å². The number of carbonyl (C=O) groups excluding carboxylic acids is 2. The van der Waals surface area contributed by atoms with E-state index in [2.05, 4.69) is 26.0 Å². The normalized spacial score (nSPS) is 12.8. The Morgan fingerprint density at radius 3 is 2.38 bits per heavy atom. The second-order valence-electron chi connectivity index (χ2n) is 4.53. The van der Waals surface area contributed by atoms with Gasteiger partial charge in [-0.1, -0.05) is 35.0 Å². The van der Waals surface area contributed by atoms with Gasteiger partial charge in [0.05, 0.1) is 19.6 Å². The van der Waals surface area contributed by atoms with Gasteiger partial charge in [0.2, 0.25) is 5.91 Å². The molecule has 0 aliphatic rings. The minimum atomic E-state index is -0.419. The molecule has 0 spiro atoms. The lowest BCUT2D eigenvalue weighted by atomic mass is 10.0. The lowest BCUT2D eigenvalue weighted by Gasteiger charge is -2.20. The molecule has 7 heteroatoms. The van der Waals surface area contributed by atoms with Crippen LogP contribution in [-0.4, -0.2) is 25.5 Å². The van der Waals surface area contributed by atoms with Crippen molar-refractivity contribution in [1.29, 1.82) is 0 Å². The molecule has 1 amide bonds. The van der Waals surface area contributed by atoms with Crippen LogP contribution in [0.1, 0.15) is 24.9 Å². The van der Waals surface area contributed by atoms with Crippen molar-refractivity contribution in [1.82, 2.24) is 5.32 Å². The van der Waals surface area contributed by atoms with Gasteiger partial charge >= 0.3 is 5.97 Å². The van der Waals surface area contributed by atoms with Crippen LogP contribution in [-0.2, 0) is 14.3 Å². The molecule has 0 bridgehead atoms. The number of nitrogens with two attached hydrogens (primary N) is 1. The van der Waals surface area contributed by atoms with Crippen molar-refractivity contribution in [2.45, 2.75) is 19.4 Å². The molecule has 2 unspecified atom stereocenters. The first-order chi connectivity index (χ1) is 9.47. The van der Waals surface area contributed by atoms with E-state index in [0.717, 1.165) is 10.0 Å². The summed E-state index contributed by atoms with van der Waals surface area (Å²) in [4.78, 5) is 23.4. The Hall–Kier alpha value is -1.11. The second-order valence-corrected chi connectivity index (χ2v) is 5.45. The number of halogens is 2. The molecular weight excluding hydrogens is 360 g/mol. The highest BCUT2D eigenvalue weighted by atomic mass is 79.9. The fraction of sp³-hybridized carbons (Fsp3) is 0.429. The Kier molecular flexibility index (Phi) is 9.24. The molecule has 1 aromatic carbocycles. The average Bonchev–Trinajstić information content (AvgIpc) is 2.46. The molecule has 5 nitrogen and oxygen atoms in total. The molecule has 0 radical (unpaired) electrons. The zero-order valence-corrected chi connectivity index (χ0v) is 14.4. The number of ether oxygens (including phenoxy) is 1. The summed E-state index contributed by atoms with van der Waals surface area (Å²) in [5.41, 5.74) is 6.32. The Morgan fingerprint density at radius 2 is 1.90 bits per heavy atom. The number of rotatable bonds is 6. The van der Waals surface area contributed by atoms with Crippen molar-refractivity contribution in [3.63, 3.8) is 0 Å². The maximum absolute atomic E-state index is 11.9. The van der Waals surface area contributed by atoms with Crippen molar-refractivity contribution < 1.29 is 14.3 Å². The molecule has 2 atom stereocenters. The topological polar surface area (TPSA) is 81.4 Å². The Bertz CT molecular complexity index is 468. The van der Waals surface area contributed by atoms with E-state index in [1.54, 1.807) is 6.92 Å². The standard InChI is InChI=1S/C14H19BrN2O3.ClH/c1-9(8-16)14(19)17-12(7-13(18)20-2)10-3-5-11(15)6-4-10;/h3-6,9,12H,7-8,16H2,1-2H3,(H,17,19);1H. The number of esters is 1. The van der Waals surface area contributed by atoms with E-state index < -0.39 is 6.04 Å². The predicted octanol–water partition coefficient (Wildman–Crippen LogP) is 2.19. The van der Waals surface area contributed by atoms with E-state index in [1.807, 2.05) is 24.3 Å². The minimum Gasteiger partial charge on any atom is -0.469 e. The highest BCUT2D eigenvalue weighted by molar-refractivity contribution is 9.10. The van der Waals surface area contributed by atoms with E-state index in [1.165, 1.54) is 7.11 Å². The molecule has 0 heterocycles. The molecule has 0 saturated heterocycles. The van der Waals surface area contributed by atoms with E-state index in [0.29, 0.717) is 0 Å². The molecule has 0 saturated carbocycles. The summed E-state index contributed by atoms with van der Waals surface area (Å²) < 4.78 is 5.60. The largest absolute Gasteiger partial charge is 0.469 e. The van der Waals surface area contributed by atoms with Crippen LogP contribution >= 0.6 is 28.3 Å². The quantitative estimate of drug-likeness (QED) is 0.742. The summed E-state index contributed by atoms with van der Waals surface area (Å²) in [5, 5.41) is 2.83. The number of hydrogen-bond acceptors (Lipinski definition) is 4. The number of hydrogen-bond donors (Lipinski definition) is 2. The molecule has 0 aliphatic carbocycles. The van der Waals surface area contributed by atoms with Gasteiger partial charge in [0.1, 0.15) is 0 Å². The fourth-order valence-electron chi connectivity index (χ4n) is 1.62. The van der Waals surface area contributed by atoms with E-state index >= 15 is 0 Å². The van der Waals surface area contributed by atoms with Gasteiger partial charge in [0.15, 0.2) is 0 Å². The number of carbonyl (C=O) groups is 2. The summed E-state index contributed by atoms with van der Waals surface area (Å²) in [6.45, 7) is 2.00. The van der Waals surface area contributed by atoms with Crippen molar-refractivity contribution in [3.8, 4) is 0 Å². The minimum absolute atomic E-state index is 0. The van der Waals surface area contributed by atoms with E-state index in [4.69, 9.17) is 5.73 Å². The third-order valence-electron chi connectivity index (χ3n) is 2.99. The molecule has 0 aliphatic heterocycles. The number of methoxy groups -OCH3 is 1. The third-order valence-corrected chi connectivity index (χ3v) is 3.52. The molecular formula is C14H20BrClN2O3. The van der Waals surface area contributed by atoms with Gasteiger partial charge in [0.25, 0.3) is 0 Å². The summed E-state index contributed by atoms with van der Waals surface area (Å²) in [7, 11) is 1.32. The number of benzene rings is 1. The van der Waals surface area contributed by atoms with Crippen LogP contribution in [0.4, 0.5) is 0 Å². The molecule has 0 aromatic heterocycles. The van der Waals surface area contributed by atoms with Crippen molar-refractivity contribution in [2.75, 3.05) is 13.7 Å². The van der Waals surface area contributed by atoms with Crippen LogP contribution in [0.3, 0.4) is 0 Å². The highest BCUT2D eigenvalue weighted by Gasteiger charge is 2.21. The summed E-state index contributed by atoms with van der Waals surface area (Å²) in [5.74, 6) is -0.853. The molecule has 3 N–H and O–H groups in total. The monoisotopic (exact) mass is 378 g/mol. The van der Waals surface area contributed by atoms with Gasteiger partial charge < -0.3 is 15.8 Å². The Morgan fingerprint density at radius 1 is 1.33 bits per heavy atom. The lowest BCUT2D eigenvalue weighted by molar-refractivity contribution is -0.141. The first-order valence-electron chi connectivity index (χ1n) is 6.30. The van der Waals surface area contributed by atoms with Gasteiger partial charge in [-0.15, -0.1) is 12.4 Å². The summed E-state index contributed by atoms with van der Waals surface area (Å²) >= 11 is 3.35. The van der Waals surface area contributed by atoms with Crippen LogP contribution in [0.2, 0.25) is 0 Å². The van der Waals surface area contributed by atoms with Gasteiger partial charge in [-0.3, -0.25) is 9.59 Å². The van der Waals surface area contributed by atoms with Gasteiger partial charge in [-0.25, -0.2) is 0 Å². The number of nitrogens with one attached hydrogen (secondary N) is 1. The lowest BCUT2D eigenvalue weighted by Crippen LogP contribution is -2.36. The van der Waals surface area contributed by atoms with Gasteiger partial charge in [0, 0.05) is 16.9 Å². The number of amides is 1. The summed E-state index contributed by atoms with van der Waals surface area (Å²) in [6, 6.07) is 7.00. The van der Waals surface area contributed by atoms with Crippen molar-refractivity contribution >= 4 is 40.2 Å². The zero-order chi connectivity index (χ0) is 15.1. The summed E-state index contributed by atoms with van der Waals surface area (Å²) in [6.07, 6.45) is 0.0845. The predicted molar refractivity (Wildman–Crippen MR) is 87.1 cm³/mol. The third kappa shape index (κ3) is 6.46. The molecule has 0 fully saturated rings. The van der Waals surface area contributed by atoms with Gasteiger partial charge in [-0.2, -0.15) is 0 Å². The zero-order valence-electron chi connectivity index (χ0n) is 12.0. The fourth-order valence-corrected chi connectivity index (χ4v) is 1.88. The smallest absolute Gasteiger partial charge is 0.307 e. The van der Waals surface area contributed by atoms with Crippen LogP contribution in [0.25, 0.3) is 0 Å². The Balaban J connectivity index is 0.00000400. The molecule has 118 valence electrons. The Labute approximate surface area is 139 Å². The maximum Gasteiger partial charge on any atom is 0.307 e.